The number of nitrogens with one attached hydrogen (secondary N) is 2. The molecule has 1 saturated heterocycles. The van der Waals surface area contributed by atoms with Crippen molar-refractivity contribution in [1.82, 2.24) is 10.3 Å². The highest BCUT2D eigenvalue weighted by molar-refractivity contribution is 7.99. The molecule has 32 heavy (non-hydrogen) atoms. The Morgan fingerprint density at radius 3 is 2.75 bits per heavy atom. The summed E-state index contributed by atoms with van der Waals surface area (Å²) in [6.07, 6.45) is 2.88. The van der Waals surface area contributed by atoms with Gasteiger partial charge in [-0.05, 0) is 30.3 Å². The van der Waals surface area contributed by atoms with Gasteiger partial charge in [-0.15, -0.1) is 11.3 Å². The van der Waals surface area contributed by atoms with Gasteiger partial charge in [0.15, 0.2) is 5.13 Å². The summed E-state index contributed by atoms with van der Waals surface area (Å²) in [4.78, 5) is 46.0. The van der Waals surface area contributed by atoms with E-state index in [1.54, 1.807) is 24.4 Å². The summed E-state index contributed by atoms with van der Waals surface area (Å²) >= 11 is 3.03. The maximum atomic E-state index is 12.7. The minimum Gasteiger partial charge on any atom is -0.347 e. The molecule has 1 fully saturated rings. The van der Waals surface area contributed by atoms with Crippen molar-refractivity contribution in [1.29, 1.82) is 0 Å². The molecule has 2 aliphatic rings. The Kier molecular flexibility index (Phi) is 5.67. The van der Waals surface area contributed by atoms with Crippen molar-refractivity contribution in [2.24, 2.45) is 0 Å². The van der Waals surface area contributed by atoms with Gasteiger partial charge in [0, 0.05) is 52.4 Å². The van der Waals surface area contributed by atoms with Crippen molar-refractivity contribution in [3.63, 3.8) is 0 Å². The Morgan fingerprint density at radius 2 is 1.91 bits per heavy atom. The number of hydrogen-bond donors (Lipinski definition) is 2. The number of hydrogen-bond acceptors (Lipinski definition) is 7. The van der Waals surface area contributed by atoms with Gasteiger partial charge in [-0.2, -0.15) is 0 Å². The summed E-state index contributed by atoms with van der Waals surface area (Å²) in [5.41, 5.74) is 1.73. The average molecular weight is 465 g/mol. The van der Waals surface area contributed by atoms with Crippen LogP contribution in [0.15, 0.2) is 58.5 Å². The van der Waals surface area contributed by atoms with Gasteiger partial charge in [0.1, 0.15) is 5.78 Å². The maximum absolute atomic E-state index is 12.7. The number of Topliss-reactive ketones (excluding diaryl/α,β-unsaturated/α-hetero) is 1. The fraction of sp³-hybridized carbons (Fsp3) is 0.217. The Balaban J connectivity index is 1.25. The predicted molar refractivity (Wildman–Crippen MR) is 125 cm³/mol. The highest BCUT2D eigenvalue weighted by atomic mass is 32.2. The zero-order valence-electron chi connectivity index (χ0n) is 17.1. The molecule has 0 unspecified atom stereocenters. The van der Waals surface area contributed by atoms with Crippen LogP contribution in [0.25, 0.3) is 0 Å². The van der Waals surface area contributed by atoms with Crippen LogP contribution in [-0.2, 0) is 11.3 Å². The second-order valence-corrected chi connectivity index (χ2v) is 9.76. The number of piperidine rings is 1. The van der Waals surface area contributed by atoms with Crippen LogP contribution >= 0.6 is 23.1 Å². The van der Waals surface area contributed by atoms with E-state index in [9.17, 15) is 14.4 Å². The van der Waals surface area contributed by atoms with Crippen LogP contribution in [0.4, 0.5) is 10.8 Å². The molecule has 2 aromatic carbocycles. The minimum atomic E-state index is -0.215. The number of carbonyl (C=O) groups is 3. The molecule has 9 heteroatoms. The van der Waals surface area contributed by atoms with E-state index in [4.69, 9.17) is 0 Å². The number of aromatic nitrogens is 1. The van der Waals surface area contributed by atoms with E-state index in [-0.39, 0.29) is 11.8 Å². The smallest absolute Gasteiger partial charge is 0.256 e. The molecule has 5 rings (SSSR count). The lowest BCUT2D eigenvalue weighted by Crippen LogP contribution is -2.33. The predicted octanol–water partition coefficient (Wildman–Crippen LogP) is 3.96. The topological polar surface area (TPSA) is 91.4 Å². The average Bonchev–Trinajstić information content (AvgIpc) is 3.23. The van der Waals surface area contributed by atoms with Gasteiger partial charge < -0.3 is 15.5 Å². The molecule has 0 saturated carbocycles. The van der Waals surface area contributed by atoms with Gasteiger partial charge >= 0.3 is 0 Å². The van der Waals surface area contributed by atoms with E-state index in [1.807, 2.05) is 24.3 Å². The highest BCUT2D eigenvalue weighted by Crippen LogP contribution is 2.39. The lowest BCUT2D eigenvalue weighted by atomic mass is 10.1. The van der Waals surface area contributed by atoms with E-state index in [0.717, 1.165) is 19.8 Å². The summed E-state index contributed by atoms with van der Waals surface area (Å²) in [6.45, 7) is 1.76. The third-order valence-electron chi connectivity index (χ3n) is 5.40. The molecule has 2 aliphatic heterocycles. The standard InChI is InChI=1S/C23H20N4O3S2/c28-15-7-9-27(10-8-15)23-25-13-16(31-23)12-24-21(29)14-5-6-20-18(11-14)26-22(30)17-3-1-2-4-19(17)32-20/h1-6,11,13H,7-10,12H2,(H,24,29)(H,26,30). The molecule has 0 bridgehead atoms. The van der Waals surface area contributed by atoms with Crippen LogP contribution in [-0.4, -0.2) is 35.7 Å². The first-order chi connectivity index (χ1) is 15.6. The van der Waals surface area contributed by atoms with Crippen LogP contribution in [0.5, 0.6) is 0 Å². The van der Waals surface area contributed by atoms with Gasteiger partial charge in [0.25, 0.3) is 11.8 Å². The normalized spacial score (nSPS) is 15.4. The first-order valence-electron chi connectivity index (χ1n) is 10.3. The number of carbonyl (C=O) groups excluding carboxylic acids is 3. The largest absolute Gasteiger partial charge is 0.347 e. The monoisotopic (exact) mass is 464 g/mol. The van der Waals surface area contributed by atoms with Gasteiger partial charge in [0.2, 0.25) is 0 Å². The number of anilines is 2. The van der Waals surface area contributed by atoms with Gasteiger partial charge in [-0.3, -0.25) is 14.4 Å². The third-order valence-corrected chi connectivity index (χ3v) is 7.61. The Morgan fingerprint density at radius 1 is 1.09 bits per heavy atom. The molecule has 1 aromatic heterocycles. The molecule has 0 spiro atoms. The van der Waals surface area contributed by atoms with Gasteiger partial charge in [-0.1, -0.05) is 23.9 Å². The summed E-state index contributed by atoms with van der Waals surface area (Å²) in [7, 11) is 0. The third kappa shape index (κ3) is 4.26. The molecule has 2 amide bonds. The molecule has 0 aliphatic carbocycles. The van der Waals surface area contributed by atoms with Crippen molar-refractivity contribution in [3.05, 3.63) is 64.7 Å². The molecule has 0 radical (unpaired) electrons. The lowest BCUT2D eigenvalue weighted by Gasteiger charge is -2.25. The van der Waals surface area contributed by atoms with Gasteiger partial charge in [0.05, 0.1) is 17.8 Å². The molecule has 0 atom stereocenters. The second-order valence-electron chi connectivity index (χ2n) is 7.58. The molecule has 162 valence electrons. The number of nitrogens with zero attached hydrogens (tertiary/aromatic N) is 2. The van der Waals surface area contributed by atoms with Crippen molar-refractivity contribution in [3.8, 4) is 0 Å². The van der Waals surface area contributed by atoms with Gasteiger partial charge in [-0.25, -0.2) is 4.98 Å². The van der Waals surface area contributed by atoms with Crippen molar-refractivity contribution < 1.29 is 14.4 Å². The van der Waals surface area contributed by atoms with E-state index in [2.05, 4.69) is 20.5 Å². The van der Waals surface area contributed by atoms with Crippen LogP contribution in [0.2, 0.25) is 0 Å². The van der Waals surface area contributed by atoms with Crippen LogP contribution in [0, 0.1) is 0 Å². The van der Waals surface area contributed by atoms with E-state index < -0.39 is 0 Å². The van der Waals surface area contributed by atoms with Crippen LogP contribution in [0.1, 0.15) is 38.4 Å². The molecule has 3 heterocycles. The number of amides is 2. The fourth-order valence-electron chi connectivity index (χ4n) is 3.65. The van der Waals surface area contributed by atoms with Crippen molar-refractivity contribution >= 4 is 51.5 Å². The molecular formula is C23H20N4O3S2. The zero-order chi connectivity index (χ0) is 22.1. The summed E-state index contributed by atoms with van der Waals surface area (Å²) < 4.78 is 0. The summed E-state index contributed by atoms with van der Waals surface area (Å²) in [5, 5.41) is 6.72. The summed E-state index contributed by atoms with van der Waals surface area (Å²) in [5.74, 6) is -0.0992. The number of thiazole rings is 1. The van der Waals surface area contributed by atoms with Crippen molar-refractivity contribution in [2.75, 3.05) is 23.3 Å². The molecule has 7 nitrogen and oxygen atoms in total. The van der Waals surface area contributed by atoms with E-state index in [0.29, 0.717) is 55.1 Å². The lowest BCUT2D eigenvalue weighted by molar-refractivity contribution is -0.119. The Hall–Kier alpha value is -3.17. The number of rotatable bonds is 4. The quantitative estimate of drug-likeness (QED) is 0.607. The van der Waals surface area contributed by atoms with E-state index >= 15 is 0 Å². The molecular weight excluding hydrogens is 444 g/mol. The SMILES string of the molecule is O=C1CCN(c2ncc(CNC(=O)c3ccc4c(c3)NC(=O)c3ccccc3S4)s2)CC1. The van der Waals surface area contributed by atoms with Crippen LogP contribution in [0.3, 0.4) is 0 Å². The number of benzene rings is 2. The molecule has 2 N–H and O–H groups in total. The first-order valence-corrected chi connectivity index (χ1v) is 11.9. The minimum absolute atomic E-state index is 0.180. The maximum Gasteiger partial charge on any atom is 0.256 e. The zero-order valence-corrected chi connectivity index (χ0v) is 18.7. The second kappa shape index (κ2) is 8.76. The molecule has 3 aromatic rings. The van der Waals surface area contributed by atoms with Crippen LogP contribution < -0.4 is 15.5 Å². The number of fused-ring (bicyclic) bond motifs is 2. The first kappa shape index (κ1) is 20.7. The Labute approximate surface area is 193 Å². The summed E-state index contributed by atoms with van der Waals surface area (Å²) in [6, 6.07) is 12.8. The Bertz CT molecular complexity index is 1210. The highest BCUT2D eigenvalue weighted by Gasteiger charge is 2.21. The number of ketones is 1. The fourth-order valence-corrected chi connectivity index (χ4v) is 5.56. The van der Waals surface area contributed by atoms with E-state index in [1.165, 1.54) is 23.1 Å². The van der Waals surface area contributed by atoms with Crippen molar-refractivity contribution in [2.45, 2.75) is 29.2 Å².